The average molecular weight is 451 g/mol. The fourth-order valence-electron chi connectivity index (χ4n) is 2.81. The Hall–Kier alpha value is -4.25. The number of carboxylic acids is 1. The minimum Gasteiger partial charge on any atom is -0.550 e. The van der Waals surface area contributed by atoms with Crippen LogP contribution in [0.15, 0.2) is 65.0 Å². The van der Waals surface area contributed by atoms with E-state index in [1.165, 1.54) is 11.4 Å². The molecule has 3 rings (SSSR count). The van der Waals surface area contributed by atoms with Crippen LogP contribution in [0.1, 0.15) is 38.9 Å². The van der Waals surface area contributed by atoms with Gasteiger partial charge in [0.2, 0.25) is 5.13 Å². The summed E-state index contributed by atoms with van der Waals surface area (Å²) >= 11 is 1.10. The molecular weight excluding hydrogens is 432 g/mol. The van der Waals surface area contributed by atoms with Crippen molar-refractivity contribution < 1.29 is 19.5 Å². The number of amides is 2. The van der Waals surface area contributed by atoms with Crippen molar-refractivity contribution in [3.63, 3.8) is 0 Å². The lowest BCUT2D eigenvalue weighted by Gasteiger charge is -2.20. The smallest absolute Gasteiger partial charge is 0.275 e. The summed E-state index contributed by atoms with van der Waals surface area (Å²) in [5.41, 5.74) is 11.9. The molecule has 0 radical (unpaired) electrons. The largest absolute Gasteiger partial charge is 0.550 e. The zero-order valence-corrected chi connectivity index (χ0v) is 17.5. The Bertz CT molecular complexity index is 1160. The van der Waals surface area contributed by atoms with Gasteiger partial charge in [-0.05, 0) is 23.8 Å². The predicted octanol–water partition coefficient (Wildman–Crippen LogP) is 0.911. The Balaban J connectivity index is 1.72. The van der Waals surface area contributed by atoms with Crippen LogP contribution in [0.5, 0.6) is 0 Å². The first-order valence-corrected chi connectivity index (χ1v) is 10.2. The van der Waals surface area contributed by atoms with Crippen molar-refractivity contribution >= 4 is 45.9 Å². The highest BCUT2D eigenvalue weighted by Crippen LogP contribution is 2.21. The van der Waals surface area contributed by atoms with Crippen LogP contribution in [0.25, 0.3) is 0 Å². The van der Waals surface area contributed by atoms with E-state index < -0.39 is 23.8 Å². The molecule has 0 saturated carbocycles. The normalized spacial score (nSPS) is 11.2. The molecule has 11 heteroatoms. The third-order valence-corrected chi connectivity index (χ3v) is 4.94. The molecule has 3 aromatic rings. The highest BCUT2D eigenvalue weighted by Gasteiger charge is 2.17. The maximum atomic E-state index is 12.7. The van der Waals surface area contributed by atoms with E-state index in [-0.39, 0.29) is 28.8 Å². The molecule has 0 fully saturated rings. The number of carboxylic acid groups (broad SMARTS) is 1. The minimum atomic E-state index is -1.29. The number of nitrogens with two attached hydrogens (primary N) is 2. The second-order valence-corrected chi connectivity index (χ2v) is 7.44. The Morgan fingerprint density at radius 3 is 2.50 bits per heavy atom. The maximum absolute atomic E-state index is 12.7. The molecule has 0 aliphatic heterocycles. The molecule has 1 unspecified atom stereocenters. The number of guanidine groups is 1. The van der Waals surface area contributed by atoms with Gasteiger partial charge >= 0.3 is 0 Å². The number of anilines is 1. The van der Waals surface area contributed by atoms with Gasteiger partial charge in [-0.1, -0.05) is 36.4 Å². The molecule has 0 spiro atoms. The van der Waals surface area contributed by atoms with Crippen LogP contribution in [-0.2, 0) is 4.79 Å². The van der Waals surface area contributed by atoms with E-state index in [0.29, 0.717) is 11.3 Å². The first-order valence-electron chi connectivity index (χ1n) is 9.34. The lowest BCUT2D eigenvalue weighted by atomic mass is 10.0. The van der Waals surface area contributed by atoms with Gasteiger partial charge in [0.05, 0.1) is 6.04 Å². The molecule has 0 bridgehead atoms. The summed E-state index contributed by atoms with van der Waals surface area (Å²) < 4.78 is 0. The lowest BCUT2D eigenvalue weighted by molar-refractivity contribution is -0.306. The molecule has 1 aromatic heterocycles. The number of rotatable bonds is 8. The van der Waals surface area contributed by atoms with E-state index in [1.54, 1.807) is 48.5 Å². The van der Waals surface area contributed by atoms with Gasteiger partial charge in [-0.15, -0.1) is 11.3 Å². The van der Waals surface area contributed by atoms with Crippen molar-refractivity contribution in [2.75, 3.05) is 5.32 Å². The van der Waals surface area contributed by atoms with Gasteiger partial charge in [0.15, 0.2) is 5.96 Å². The summed E-state index contributed by atoms with van der Waals surface area (Å²) in [5, 5.41) is 18.2. The van der Waals surface area contributed by atoms with Crippen molar-refractivity contribution in [3.05, 3.63) is 76.8 Å². The number of thiazole rings is 1. The van der Waals surface area contributed by atoms with Crippen LogP contribution >= 0.6 is 11.3 Å². The fourth-order valence-corrected chi connectivity index (χ4v) is 3.50. The minimum absolute atomic E-state index is 0.114. The molecule has 0 aliphatic carbocycles. The number of hydrogen-bond donors (Lipinski definition) is 4. The number of nitrogens with zero attached hydrogens (tertiary/aromatic N) is 2. The summed E-state index contributed by atoms with van der Waals surface area (Å²) in [5.74, 6) is -2.46. The predicted molar refractivity (Wildman–Crippen MR) is 118 cm³/mol. The zero-order valence-electron chi connectivity index (χ0n) is 16.6. The number of carbonyl (C=O) groups is 3. The van der Waals surface area contributed by atoms with E-state index in [4.69, 9.17) is 11.5 Å². The van der Waals surface area contributed by atoms with Gasteiger partial charge in [-0.2, -0.15) is 4.99 Å². The van der Waals surface area contributed by atoms with Gasteiger partial charge in [-0.25, -0.2) is 4.98 Å². The molecule has 2 amide bonds. The molecule has 164 valence electrons. The highest BCUT2D eigenvalue weighted by atomic mass is 32.1. The van der Waals surface area contributed by atoms with E-state index in [2.05, 4.69) is 20.6 Å². The van der Waals surface area contributed by atoms with E-state index in [0.717, 1.165) is 11.3 Å². The SMILES string of the molecule is NC(N)=Nc1nc(C(=O)Nc2cccc(C(=O)NC(CC(=O)[O-])c3ccccc3)c2)cs1. The van der Waals surface area contributed by atoms with Crippen LogP contribution in [0.3, 0.4) is 0 Å². The highest BCUT2D eigenvalue weighted by molar-refractivity contribution is 7.13. The van der Waals surface area contributed by atoms with E-state index in [9.17, 15) is 19.5 Å². The standard InChI is InChI=1S/C21H20N6O4S/c22-20(23)27-21-26-16(11-32-21)19(31)24-14-8-4-7-13(9-14)18(30)25-15(10-17(28)29)12-5-2-1-3-6-12/h1-9,11,15H,10H2,(H,24,31)(H,25,30)(H,28,29)(H4,22,23,26,27)/p-1. The van der Waals surface area contributed by atoms with Crippen molar-refractivity contribution in [2.24, 2.45) is 16.5 Å². The third kappa shape index (κ3) is 6.12. The number of aromatic nitrogens is 1. The summed E-state index contributed by atoms with van der Waals surface area (Å²) in [7, 11) is 0. The quantitative estimate of drug-likeness (QED) is 0.290. The van der Waals surface area contributed by atoms with E-state index in [1.807, 2.05) is 0 Å². The monoisotopic (exact) mass is 451 g/mol. The lowest BCUT2D eigenvalue weighted by Crippen LogP contribution is -2.34. The van der Waals surface area contributed by atoms with Gasteiger partial charge in [0.25, 0.3) is 11.8 Å². The Kier molecular flexibility index (Phi) is 7.13. The zero-order chi connectivity index (χ0) is 23.1. The van der Waals surface area contributed by atoms with Crippen LogP contribution in [0.2, 0.25) is 0 Å². The molecule has 10 nitrogen and oxygen atoms in total. The van der Waals surface area contributed by atoms with Crippen molar-refractivity contribution in [2.45, 2.75) is 12.5 Å². The van der Waals surface area contributed by atoms with Crippen molar-refractivity contribution in [3.8, 4) is 0 Å². The van der Waals surface area contributed by atoms with Gasteiger partial charge < -0.3 is 32.0 Å². The summed E-state index contributed by atoms with van der Waals surface area (Å²) in [6.07, 6.45) is -0.381. The van der Waals surface area contributed by atoms with Gasteiger partial charge in [0, 0.05) is 29.0 Å². The second kappa shape index (κ2) is 10.2. The number of benzene rings is 2. The number of aliphatic carboxylic acids is 1. The molecule has 6 N–H and O–H groups in total. The Labute approximate surface area is 187 Å². The first-order chi connectivity index (χ1) is 15.3. The average Bonchev–Trinajstić information content (AvgIpc) is 3.21. The Morgan fingerprint density at radius 1 is 1.06 bits per heavy atom. The first kappa shape index (κ1) is 22.4. The number of hydrogen-bond acceptors (Lipinski definition) is 7. The summed E-state index contributed by atoms with van der Waals surface area (Å²) in [6.45, 7) is 0. The maximum Gasteiger partial charge on any atom is 0.275 e. The molecule has 1 atom stereocenters. The number of nitrogens with one attached hydrogen (secondary N) is 2. The van der Waals surface area contributed by atoms with Gasteiger partial charge in [-0.3, -0.25) is 9.59 Å². The fraction of sp³-hybridized carbons (Fsp3) is 0.0952. The second-order valence-electron chi connectivity index (χ2n) is 6.60. The summed E-state index contributed by atoms with van der Waals surface area (Å²) in [4.78, 5) is 44.1. The molecule has 0 aliphatic rings. The number of carbonyl (C=O) groups excluding carboxylic acids is 3. The molecule has 1 heterocycles. The van der Waals surface area contributed by atoms with Crippen LogP contribution in [-0.4, -0.2) is 28.7 Å². The third-order valence-electron chi connectivity index (χ3n) is 4.21. The van der Waals surface area contributed by atoms with Crippen LogP contribution < -0.4 is 27.2 Å². The molecule has 2 aromatic carbocycles. The van der Waals surface area contributed by atoms with Crippen molar-refractivity contribution in [1.29, 1.82) is 0 Å². The molecular formula is C21H19N6O4S-. The molecule has 0 saturated heterocycles. The Morgan fingerprint density at radius 2 is 1.81 bits per heavy atom. The molecule has 32 heavy (non-hydrogen) atoms. The summed E-state index contributed by atoms with van der Waals surface area (Å²) in [6, 6.07) is 14.2. The number of aliphatic imine (C=N–C) groups is 1. The topological polar surface area (TPSA) is 176 Å². The van der Waals surface area contributed by atoms with Crippen LogP contribution in [0.4, 0.5) is 10.8 Å². The van der Waals surface area contributed by atoms with Crippen LogP contribution in [0, 0.1) is 0 Å². The van der Waals surface area contributed by atoms with Crippen molar-refractivity contribution in [1.82, 2.24) is 10.3 Å². The van der Waals surface area contributed by atoms with Gasteiger partial charge in [0.1, 0.15) is 5.69 Å². The van der Waals surface area contributed by atoms with E-state index >= 15 is 0 Å².